The number of benzene rings is 1. The van der Waals surface area contributed by atoms with E-state index in [2.05, 4.69) is 9.88 Å². The van der Waals surface area contributed by atoms with Gasteiger partial charge < -0.3 is 14.5 Å². The van der Waals surface area contributed by atoms with Gasteiger partial charge in [-0.1, -0.05) is 30.3 Å². The summed E-state index contributed by atoms with van der Waals surface area (Å²) in [6.45, 7) is 3.58. The fourth-order valence-corrected chi connectivity index (χ4v) is 3.54. The first-order valence-electron chi connectivity index (χ1n) is 9.35. The molecule has 0 saturated carbocycles. The van der Waals surface area contributed by atoms with Gasteiger partial charge in [-0.05, 0) is 25.3 Å². The van der Waals surface area contributed by atoms with E-state index in [1.807, 2.05) is 41.3 Å². The third kappa shape index (κ3) is 3.70. The summed E-state index contributed by atoms with van der Waals surface area (Å²) in [6, 6.07) is 12.0. The molecule has 1 atom stereocenters. The van der Waals surface area contributed by atoms with Gasteiger partial charge in [-0.2, -0.15) is 0 Å². The van der Waals surface area contributed by atoms with Crippen LogP contribution >= 0.6 is 0 Å². The van der Waals surface area contributed by atoms with Crippen molar-refractivity contribution in [3.05, 3.63) is 42.6 Å². The van der Waals surface area contributed by atoms with Crippen LogP contribution in [-0.4, -0.2) is 59.7 Å². The lowest BCUT2D eigenvalue weighted by atomic mass is 10.1. The highest BCUT2D eigenvalue weighted by atomic mass is 16.5. The van der Waals surface area contributed by atoms with Gasteiger partial charge in [0.15, 0.2) is 0 Å². The van der Waals surface area contributed by atoms with Crippen molar-refractivity contribution in [1.29, 1.82) is 0 Å². The molecular formula is C20H24N4O2. The van der Waals surface area contributed by atoms with Crippen molar-refractivity contribution in [1.82, 2.24) is 14.9 Å². The molecule has 0 spiro atoms. The lowest BCUT2D eigenvalue weighted by Crippen LogP contribution is -2.52. The van der Waals surface area contributed by atoms with E-state index in [0.29, 0.717) is 19.7 Å². The molecule has 2 fully saturated rings. The first-order chi connectivity index (χ1) is 12.8. The third-order valence-corrected chi connectivity index (χ3v) is 5.04. The summed E-state index contributed by atoms with van der Waals surface area (Å²) in [4.78, 5) is 25.8. The maximum atomic E-state index is 12.6. The van der Waals surface area contributed by atoms with Gasteiger partial charge in [-0.25, -0.2) is 9.97 Å². The average molecular weight is 352 g/mol. The largest absolute Gasteiger partial charge is 0.368 e. The van der Waals surface area contributed by atoms with Crippen LogP contribution < -0.4 is 4.90 Å². The Balaban J connectivity index is 1.39. The van der Waals surface area contributed by atoms with Crippen molar-refractivity contribution in [3.63, 3.8) is 0 Å². The van der Waals surface area contributed by atoms with Gasteiger partial charge in [-0.3, -0.25) is 4.79 Å². The van der Waals surface area contributed by atoms with E-state index in [1.165, 1.54) is 0 Å². The number of hydrogen-bond donors (Lipinski definition) is 0. The molecule has 2 aromatic rings. The van der Waals surface area contributed by atoms with Gasteiger partial charge in [0.1, 0.15) is 6.10 Å². The van der Waals surface area contributed by atoms with Gasteiger partial charge in [0.25, 0.3) is 5.91 Å². The Morgan fingerprint density at radius 1 is 1.04 bits per heavy atom. The van der Waals surface area contributed by atoms with E-state index >= 15 is 0 Å². The fourth-order valence-electron chi connectivity index (χ4n) is 3.54. The summed E-state index contributed by atoms with van der Waals surface area (Å²) >= 11 is 0. The van der Waals surface area contributed by atoms with Crippen LogP contribution in [0.15, 0.2) is 42.6 Å². The quantitative estimate of drug-likeness (QED) is 0.849. The molecule has 6 heteroatoms. The highest BCUT2D eigenvalue weighted by Gasteiger charge is 2.29. The molecule has 0 N–H and O–H groups in total. The van der Waals surface area contributed by atoms with Crippen molar-refractivity contribution in [2.24, 2.45) is 0 Å². The second-order valence-electron chi connectivity index (χ2n) is 6.78. The molecule has 6 nitrogen and oxygen atoms in total. The van der Waals surface area contributed by atoms with Crippen molar-refractivity contribution >= 4 is 11.9 Å². The Morgan fingerprint density at radius 3 is 2.58 bits per heavy atom. The fraction of sp³-hybridized carbons (Fsp3) is 0.450. The van der Waals surface area contributed by atoms with Crippen LogP contribution in [0.5, 0.6) is 0 Å². The van der Waals surface area contributed by atoms with Crippen LogP contribution in [-0.2, 0) is 9.53 Å². The molecule has 2 aliphatic heterocycles. The Kier molecular flexibility index (Phi) is 5.11. The number of nitrogens with zero attached hydrogens (tertiary/aromatic N) is 4. The third-order valence-electron chi connectivity index (χ3n) is 5.04. The number of ether oxygens (including phenoxy) is 1. The van der Waals surface area contributed by atoms with Crippen LogP contribution in [0.1, 0.15) is 19.3 Å². The van der Waals surface area contributed by atoms with E-state index in [4.69, 9.17) is 9.72 Å². The second kappa shape index (κ2) is 7.83. The minimum Gasteiger partial charge on any atom is -0.368 e. The molecule has 1 aromatic heterocycles. The summed E-state index contributed by atoms with van der Waals surface area (Å²) in [5.41, 5.74) is 2.00. The van der Waals surface area contributed by atoms with Crippen LogP contribution in [0.4, 0.5) is 5.95 Å². The van der Waals surface area contributed by atoms with Gasteiger partial charge in [0.2, 0.25) is 5.95 Å². The normalized spacial score (nSPS) is 20.8. The molecule has 1 unspecified atom stereocenters. The minimum absolute atomic E-state index is 0.142. The number of carbonyl (C=O) groups is 1. The average Bonchev–Trinajstić information content (AvgIpc) is 2.75. The first kappa shape index (κ1) is 17.0. The Hall–Kier alpha value is -2.47. The lowest BCUT2D eigenvalue weighted by Gasteiger charge is -2.37. The lowest BCUT2D eigenvalue weighted by molar-refractivity contribution is -0.146. The maximum Gasteiger partial charge on any atom is 0.251 e. The smallest absolute Gasteiger partial charge is 0.251 e. The molecule has 136 valence electrons. The SMILES string of the molecule is O=C(C1CCCCO1)N1CCN(c2nccc(-c3ccccc3)n2)CC1. The minimum atomic E-state index is -0.243. The van der Waals surface area contributed by atoms with Crippen LogP contribution in [0.2, 0.25) is 0 Å². The van der Waals surface area contributed by atoms with Gasteiger partial charge >= 0.3 is 0 Å². The molecule has 2 saturated heterocycles. The van der Waals surface area contributed by atoms with Crippen LogP contribution in [0.3, 0.4) is 0 Å². The molecular weight excluding hydrogens is 328 g/mol. The number of aromatic nitrogens is 2. The number of carbonyl (C=O) groups excluding carboxylic acids is 1. The zero-order valence-corrected chi connectivity index (χ0v) is 14.9. The number of hydrogen-bond acceptors (Lipinski definition) is 5. The highest BCUT2D eigenvalue weighted by molar-refractivity contribution is 5.81. The number of piperazine rings is 1. The van der Waals surface area contributed by atoms with Gasteiger partial charge in [-0.15, -0.1) is 0 Å². The van der Waals surface area contributed by atoms with Crippen molar-refractivity contribution in [2.45, 2.75) is 25.4 Å². The monoisotopic (exact) mass is 352 g/mol. The standard InChI is InChI=1S/C20H24N4O2/c25-19(18-8-4-5-15-26-18)23-11-13-24(14-12-23)20-21-10-9-17(22-20)16-6-2-1-3-7-16/h1-3,6-7,9-10,18H,4-5,8,11-15H2. The Bertz CT molecular complexity index is 738. The molecule has 0 bridgehead atoms. The summed E-state index contributed by atoms with van der Waals surface area (Å²) in [5, 5.41) is 0. The molecule has 0 aliphatic carbocycles. The molecule has 1 amide bonds. The maximum absolute atomic E-state index is 12.6. The van der Waals surface area contributed by atoms with Crippen molar-refractivity contribution in [3.8, 4) is 11.3 Å². The number of anilines is 1. The molecule has 4 rings (SSSR count). The summed E-state index contributed by atoms with van der Waals surface area (Å²) in [6.07, 6.45) is 4.55. The summed E-state index contributed by atoms with van der Waals surface area (Å²) in [7, 11) is 0. The highest BCUT2D eigenvalue weighted by Crippen LogP contribution is 2.20. The zero-order chi connectivity index (χ0) is 17.8. The second-order valence-corrected chi connectivity index (χ2v) is 6.78. The van der Waals surface area contributed by atoms with E-state index in [0.717, 1.165) is 49.6 Å². The number of rotatable bonds is 3. The zero-order valence-electron chi connectivity index (χ0n) is 14.9. The summed E-state index contributed by atoms with van der Waals surface area (Å²) in [5.74, 6) is 0.871. The van der Waals surface area contributed by atoms with E-state index in [9.17, 15) is 4.79 Å². The molecule has 0 radical (unpaired) electrons. The predicted molar refractivity (Wildman–Crippen MR) is 99.9 cm³/mol. The van der Waals surface area contributed by atoms with Crippen molar-refractivity contribution < 1.29 is 9.53 Å². The first-order valence-corrected chi connectivity index (χ1v) is 9.35. The van der Waals surface area contributed by atoms with Crippen LogP contribution in [0, 0.1) is 0 Å². The molecule has 1 aromatic carbocycles. The van der Waals surface area contributed by atoms with E-state index in [1.54, 1.807) is 6.20 Å². The van der Waals surface area contributed by atoms with E-state index < -0.39 is 0 Å². The van der Waals surface area contributed by atoms with Crippen LogP contribution in [0.25, 0.3) is 11.3 Å². The van der Waals surface area contributed by atoms with E-state index in [-0.39, 0.29) is 12.0 Å². The molecule has 26 heavy (non-hydrogen) atoms. The number of amides is 1. The van der Waals surface area contributed by atoms with Gasteiger partial charge in [0, 0.05) is 44.5 Å². The Labute approximate surface area is 153 Å². The molecule has 3 heterocycles. The summed E-state index contributed by atoms with van der Waals surface area (Å²) < 4.78 is 5.64. The van der Waals surface area contributed by atoms with Crippen molar-refractivity contribution in [2.75, 3.05) is 37.7 Å². The Morgan fingerprint density at radius 2 is 1.85 bits per heavy atom. The topological polar surface area (TPSA) is 58.6 Å². The van der Waals surface area contributed by atoms with Gasteiger partial charge in [0.05, 0.1) is 5.69 Å². The molecule has 2 aliphatic rings. The predicted octanol–water partition coefficient (Wildman–Crippen LogP) is 2.36.